The third-order valence-corrected chi connectivity index (χ3v) is 3.49. The van der Waals surface area contributed by atoms with Crippen molar-refractivity contribution in [2.45, 2.75) is 50.7 Å². The van der Waals surface area contributed by atoms with Crippen molar-refractivity contribution in [2.24, 2.45) is 0 Å². The molecule has 0 aromatic rings. The van der Waals surface area contributed by atoms with Crippen molar-refractivity contribution >= 4 is 17.9 Å². The van der Waals surface area contributed by atoms with E-state index in [-0.39, 0.29) is 13.0 Å². The highest BCUT2D eigenvalue weighted by Crippen LogP contribution is 2.26. The Morgan fingerprint density at radius 3 is 1.96 bits per heavy atom. The van der Waals surface area contributed by atoms with E-state index in [1.54, 1.807) is 26.1 Å². The van der Waals surface area contributed by atoms with Crippen LogP contribution in [0, 0.1) is 0 Å². The summed E-state index contributed by atoms with van der Waals surface area (Å²) < 4.78 is 79.7. The lowest BCUT2D eigenvalue weighted by atomic mass is 9.98. The zero-order chi connectivity index (χ0) is 21.3. The van der Waals surface area contributed by atoms with Gasteiger partial charge in [-0.3, -0.25) is 9.59 Å². The molecule has 7 nitrogen and oxygen atoms in total. The van der Waals surface area contributed by atoms with Gasteiger partial charge in [-0.15, -0.1) is 0 Å². The number of alkyl halides is 6. The van der Waals surface area contributed by atoms with Crippen LogP contribution in [-0.2, 0) is 14.3 Å². The topological polar surface area (TPSA) is 87.7 Å². The normalized spacial score (nSPS) is 21.0. The second-order valence-electron chi connectivity index (χ2n) is 7.06. The van der Waals surface area contributed by atoms with Gasteiger partial charge < -0.3 is 20.3 Å². The van der Waals surface area contributed by atoms with Gasteiger partial charge >= 0.3 is 30.3 Å². The molecular formula is C14H19F6N3O4. The molecule has 1 saturated heterocycles. The lowest BCUT2D eigenvalue weighted by Crippen LogP contribution is -2.60. The molecule has 0 spiro atoms. The molecule has 3 amide bonds. The van der Waals surface area contributed by atoms with E-state index in [9.17, 15) is 40.7 Å². The van der Waals surface area contributed by atoms with Crippen molar-refractivity contribution < 1.29 is 45.5 Å². The summed E-state index contributed by atoms with van der Waals surface area (Å²) in [6.45, 7) is 2.93. The Kier molecular flexibility index (Phi) is 6.28. The van der Waals surface area contributed by atoms with E-state index < -0.39 is 54.5 Å². The van der Waals surface area contributed by atoms with Crippen molar-refractivity contribution in [1.82, 2.24) is 15.5 Å². The van der Waals surface area contributed by atoms with Crippen LogP contribution in [0.2, 0.25) is 0 Å². The second-order valence-corrected chi connectivity index (χ2v) is 7.06. The van der Waals surface area contributed by atoms with Crippen LogP contribution in [0.1, 0.15) is 27.2 Å². The molecule has 0 aliphatic carbocycles. The van der Waals surface area contributed by atoms with Gasteiger partial charge in [0.2, 0.25) is 0 Å². The van der Waals surface area contributed by atoms with Gasteiger partial charge in [0, 0.05) is 19.6 Å². The quantitative estimate of drug-likeness (QED) is 0.698. The van der Waals surface area contributed by atoms with Gasteiger partial charge in [0.25, 0.3) is 0 Å². The van der Waals surface area contributed by atoms with Crippen LogP contribution in [0.5, 0.6) is 0 Å². The van der Waals surface area contributed by atoms with Crippen LogP contribution >= 0.6 is 0 Å². The fraction of sp³-hybridized carbons (Fsp3) is 0.786. The highest BCUT2D eigenvalue weighted by atomic mass is 19.4. The largest absolute Gasteiger partial charge is 0.471 e. The maximum Gasteiger partial charge on any atom is 0.471 e. The number of amides is 3. The highest BCUT2D eigenvalue weighted by molar-refractivity contribution is 5.84. The Bertz CT molecular complexity index is 599. The highest BCUT2D eigenvalue weighted by Gasteiger charge is 2.49. The van der Waals surface area contributed by atoms with Crippen LogP contribution in [0.25, 0.3) is 0 Å². The minimum atomic E-state index is -5.29. The van der Waals surface area contributed by atoms with E-state index in [4.69, 9.17) is 4.74 Å². The smallest absolute Gasteiger partial charge is 0.444 e. The van der Waals surface area contributed by atoms with Gasteiger partial charge in [0.05, 0.1) is 5.54 Å². The molecule has 156 valence electrons. The molecule has 1 rings (SSSR count). The number of carbonyl (C=O) groups excluding carboxylic acids is 3. The summed E-state index contributed by atoms with van der Waals surface area (Å²) in [5.74, 6) is -4.77. The lowest BCUT2D eigenvalue weighted by Gasteiger charge is -2.31. The number of nitrogens with zero attached hydrogens (tertiary/aromatic N) is 1. The second kappa shape index (κ2) is 7.43. The average Bonchev–Trinajstić information content (AvgIpc) is 2.85. The predicted molar refractivity (Wildman–Crippen MR) is 78.4 cm³/mol. The van der Waals surface area contributed by atoms with Crippen molar-refractivity contribution in [3.8, 4) is 0 Å². The molecule has 27 heavy (non-hydrogen) atoms. The van der Waals surface area contributed by atoms with Gasteiger partial charge in [-0.25, -0.2) is 4.79 Å². The van der Waals surface area contributed by atoms with Crippen molar-refractivity contribution in [3.05, 3.63) is 0 Å². The summed E-state index contributed by atoms with van der Waals surface area (Å²) in [6, 6.07) is 0. The monoisotopic (exact) mass is 407 g/mol. The number of nitrogens with one attached hydrogen (secondary N) is 2. The third-order valence-electron chi connectivity index (χ3n) is 3.49. The number of hydrogen-bond donors (Lipinski definition) is 2. The number of carbonyl (C=O) groups is 3. The zero-order valence-electron chi connectivity index (χ0n) is 14.7. The van der Waals surface area contributed by atoms with E-state index in [2.05, 4.69) is 0 Å². The fourth-order valence-electron chi connectivity index (χ4n) is 2.31. The van der Waals surface area contributed by atoms with Gasteiger partial charge in [0.15, 0.2) is 0 Å². The summed E-state index contributed by atoms with van der Waals surface area (Å²) in [5.41, 5.74) is -2.84. The number of rotatable bonds is 3. The maximum atomic E-state index is 12.6. The number of hydrogen-bond acceptors (Lipinski definition) is 4. The van der Waals surface area contributed by atoms with E-state index in [1.165, 1.54) is 5.32 Å². The molecule has 0 aromatic heterocycles. The van der Waals surface area contributed by atoms with Crippen molar-refractivity contribution in [3.63, 3.8) is 0 Å². The van der Waals surface area contributed by atoms with Crippen LogP contribution in [0.4, 0.5) is 31.1 Å². The Labute approximate surface area is 150 Å². The third kappa shape index (κ3) is 6.79. The molecule has 0 saturated carbocycles. The van der Waals surface area contributed by atoms with E-state index >= 15 is 0 Å². The number of halogens is 6. The SMILES string of the molecule is CC(C)(C)OC(=O)N1CCC(CNC(=O)C(F)(F)F)(NC(=O)C(F)(F)F)C1. The molecule has 2 N–H and O–H groups in total. The molecule has 1 atom stereocenters. The minimum absolute atomic E-state index is 0.186. The van der Waals surface area contributed by atoms with Crippen molar-refractivity contribution in [1.29, 1.82) is 0 Å². The number of ether oxygens (including phenoxy) is 1. The first-order valence-corrected chi connectivity index (χ1v) is 7.67. The zero-order valence-corrected chi connectivity index (χ0v) is 14.7. The first kappa shape index (κ1) is 22.8. The van der Waals surface area contributed by atoms with E-state index in [0.29, 0.717) is 0 Å². The number of likely N-dealkylation sites (tertiary alicyclic amines) is 1. The summed E-state index contributed by atoms with van der Waals surface area (Å²) >= 11 is 0. The van der Waals surface area contributed by atoms with Crippen LogP contribution in [0.3, 0.4) is 0 Å². The van der Waals surface area contributed by atoms with Crippen LogP contribution < -0.4 is 10.6 Å². The van der Waals surface area contributed by atoms with Gasteiger partial charge in [0.1, 0.15) is 5.60 Å². The lowest BCUT2D eigenvalue weighted by molar-refractivity contribution is -0.177. The summed E-state index contributed by atoms with van der Waals surface area (Å²) in [7, 11) is 0. The standard InChI is InChI=1S/C14H19F6N3O4/c1-11(2,3)27-10(26)23-5-4-12(7-23,22-9(25)14(18,19)20)6-21-8(24)13(15,16)17/h4-7H2,1-3H3,(H,21,24)(H,22,25). The van der Waals surface area contributed by atoms with Crippen LogP contribution in [0.15, 0.2) is 0 Å². The predicted octanol–water partition coefficient (Wildman–Crippen LogP) is 1.72. The molecule has 1 aliphatic rings. The molecule has 0 bridgehead atoms. The average molecular weight is 407 g/mol. The van der Waals surface area contributed by atoms with Crippen molar-refractivity contribution in [2.75, 3.05) is 19.6 Å². The van der Waals surface area contributed by atoms with E-state index in [1.807, 2.05) is 0 Å². The van der Waals surface area contributed by atoms with Gasteiger partial charge in [-0.1, -0.05) is 0 Å². The molecule has 1 aliphatic heterocycles. The Balaban J connectivity index is 2.95. The Morgan fingerprint density at radius 2 is 1.52 bits per heavy atom. The first-order chi connectivity index (χ1) is 12.0. The first-order valence-electron chi connectivity index (χ1n) is 7.67. The van der Waals surface area contributed by atoms with E-state index in [0.717, 1.165) is 4.90 Å². The molecule has 0 aromatic carbocycles. The molecule has 1 heterocycles. The van der Waals surface area contributed by atoms with Gasteiger partial charge in [-0.05, 0) is 27.2 Å². The summed E-state index contributed by atoms with van der Waals surface area (Å²) in [6.07, 6.45) is -11.8. The minimum Gasteiger partial charge on any atom is -0.444 e. The molecule has 0 radical (unpaired) electrons. The van der Waals surface area contributed by atoms with Crippen LogP contribution in [-0.4, -0.2) is 65.9 Å². The van der Waals surface area contributed by atoms with Gasteiger partial charge in [-0.2, -0.15) is 26.3 Å². The molecule has 13 heteroatoms. The fourth-order valence-corrected chi connectivity index (χ4v) is 2.31. The molecule has 1 fully saturated rings. The summed E-state index contributed by atoms with van der Waals surface area (Å²) in [5, 5.41) is 3.04. The maximum absolute atomic E-state index is 12.6. The Hall–Kier alpha value is -2.21. The molecule has 1 unspecified atom stereocenters. The summed E-state index contributed by atoms with van der Waals surface area (Å²) in [4.78, 5) is 35.2. The molecular weight excluding hydrogens is 388 g/mol. The Morgan fingerprint density at radius 1 is 1.00 bits per heavy atom.